The van der Waals surface area contributed by atoms with E-state index in [2.05, 4.69) is 18.9 Å². The highest BCUT2D eigenvalue weighted by atomic mass is 16.3. The number of nitrogens with two attached hydrogens (primary N) is 1. The van der Waals surface area contributed by atoms with Gasteiger partial charge in [0.05, 0.1) is 6.54 Å². The average molecular weight is 182 g/mol. The van der Waals surface area contributed by atoms with Crippen LogP contribution in [-0.2, 0) is 13.1 Å². The van der Waals surface area contributed by atoms with Gasteiger partial charge >= 0.3 is 0 Å². The van der Waals surface area contributed by atoms with Crippen LogP contribution in [0.3, 0.4) is 0 Å². The fraction of sp³-hybridized carbons (Fsp3) is 0.600. The molecular formula is C10H18N2O. The third kappa shape index (κ3) is 2.57. The molecule has 0 unspecified atom stereocenters. The van der Waals surface area contributed by atoms with Gasteiger partial charge in [-0.3, -0.25) is 0 Å². The molecule has 0 spiro atoms. The molecule has 3 nitrogen and oxygen atoms in total. The molecule has 0 aliphatic heterocycles. The van der Waals surface area contributed by atoms with Crippen LogP contribution in [0.1, 0.15) is 24.0 Å². The summed E-state index contributed by atoms with van der Waals surface area (Å²) in [4.78, 5) is 2.23. The van der Waals surface area contributed by atoms with Gasteiger partial charge in [-0.05, 0) is 26.6 Å². The van der Waals surface area contributed by atoms with Gasteiger partial charge in [0.1, 0.15) is 11.5 Å². The first-order chi connectivity index (χ1) is 6.17. The van der Waals surface area contributed by atoms with E-state index in [1.165, 1.54) is 5.56 Å². The Bertz CT molecular complexity index is 268. The average Bonchev–Trinajstić information content (AvgIpc) is 2.47. The minimum atomic E-state index is 0.483. The Morgan fingerprint density at radius 2 is 2.23 bits per heavy atom. The first-order valence-corrected chi connectivity index (χ1v) is 4.64. The van der Waals surface area contributed by atoms with Crippen LogP contribution in [0.4, 0.5) is 0 Å². The summed E-state index contributed by atoms with van der Waals surface area (Å²) in [5.74, 6) is 1.86. The fourth-order valence-electron chi connectivity index (χ4n) is 1.25. The Balaban J connectivity index is 2.70. The van der Waals surface area contributed by atoms with Crippen LogP contribution in [0.25, 0.3) is 0 Å². The van der Waals surface area contributed by atoms with E-state index >= 15 is 0 Å². The zero-order chi connectivity index (χ0) is 9.84. The second-order valence-corrected chi connectivity index (χ2v) is 3.33. The molecule has 1 aromatic rings. The molecule has 0 radical (unpaired) electrons. The molecule has 1 rings (SSSR count). The smallest absolute Gasteiger partial charge is 0.118 e. The molecule has 13 heavy (non-hydrogen) atoms. The summed E-state index contributed by atoms with van der Waals surface area (Å²) < 4.78 is 5.46. The Labute approximate surface area is 79.5 Å². The van der Waals surface area contributed by atoms with Crippen molar-refractivity contribution in [1.29, 1.82) is 0 Å². The zero-order valence-electron chi connectivity index (χ0n) is 8.63. The molecule has 0 saturated carbocycles. The predicted molar refractivity (Wildman–Crippen MR) is 53.3 cm³/mol. The first-order valence-electron chi connectivity index (χ1n) is 4.64. The topological polar surface area (TPSA) is 42.4 Å². The van der Waals surface area contributed by atoms with Crippen molar-refractivity contribution in [3.8, 4) is 0 Å². The Morgan fingerprint density at radius 1 is 1.54 bits per heavy atom. The van der Waals surface area contributed by atoms with Crippen LogP contribution in [0.15, 0.2) is 10.5 Å². The maximum Gasteiger partial charge on any atom is 0.118 e. The number of furan rings is 1. The van der Waals surface area contributed by atoms with Crippen molar-refractivity contribution in [3.05, 3.63) is 23.2 Å². The van der Waals surface area contributed by atoms with E-state index in [4.69, 9.17) is 10.2 Å². The molecule has 0 atom stereocenters. The molecule has 0 amide bonds. The summed E-state index contributed by atoms with van der Waals surface area (Å²) in [5, 5.41) is 0. The molecule has 1 heterocycles. The molecule has 0 aliphatic rings. The van der Waals surface area contributed by atoms with Crippen molar-refractivity contribution in [2.45, 2.75) is 26.9 Å². The standard InChI is InChI=1S/C10H18N2O/c1-4-12(3)7-9-5-10(6-11)13-8(9)2/h5H,4,6-7,11H2,1-3H3. The van der Waals surface area contributed by atoms with Gasteiger partial charge < -0.3 is 15.1 Å². The number of rotatable bonds is 4. The fourth-order valence-corrected chi connectivity index (χ4v) is 1.25. The lowest BCUT2D eigenvalue weighted by atomic mass is 10.2. The van der Waals surface area contributed by atoms with Crippen molar-refractivity contribution >= 4 is 0 Å². The molecule has 0 aliphatic carbocycles. The molecule has 2 N–H and O–H groups in total. The largest absolute Gasteiger partial charge is 0.465 e. The van der Waals surface area contributed by atoms with E-state index in [1.807, 2.05) is 13.0 Å². The monoisotopic (exact) mass is 182 g/mol. The summed E-state index contributed by atoms with van der Waals surface area (Å²) in [6, 6.07) is 2.04. The van der Waals surface area contributed by atoms with Gasteiger partial charge in [0.25, 0.3) is 0 Å². The van der Waals surface area contributed by atoms with Gasteiger partial charge in [-0.1, -0.05) is 6.92 Å². The molecule has 1 aromatic heterocycles. The van der Waals surface area contributed by atoms with Crippen LogP contribution in [-0.4, -0.2) is 18.5 Å². The second-order valence-electron chi connectivity index (χ2n) is 3.33. The lowest BCUT2D eigenvalue weighted by Gasteiger charge is -2.12. The summed E-state index contributed by atoms with van der Waals surface area (Å²) in [6.45, 7) is 6.59. The van der Waals surface area contributed by atoms with Crippen LogP contribution < -0.4 is 5.73 Å². The maximum absolute atomic E-state index is 5.49. The minimum Gasteiger partial charge on any atom is -0.465 e. The number of aryl methyl sites for hydroxylation is 1. The van der Waals surface area contributed by atoms with Crippen molar-refractivity contribution < 1.29 is 4.42 Å². The second kappa shape index (κ2) is 4.44. The molecule has 3 heteroatoms. The minimum absolute atomic E-state index is 0.483. The Kier molecular flexibility index (Phi) is 3.51. The molecule has 0 aromatic carbocycles. The predicted octanol–water partition coefficient (Wildman–Crippen LogP) is 1.50. The van der Waals surface area contributed by atoms with Gasteiger partial charge in [0.2, 0.25) is 0 Å². The third-order valence-electron chi connectivity index (χ3n) is 2.25. The SMILES string of the molecule is CCN(C)Cc1cc(CN)oc1C. The van der Waals surface area contributed by atoms with E-state index in [-0.39, 0.29) is 0 Å². The van der Waals surface area contributed by atoms with Gasteiger partial charge in [-0.15, -0.1) is 0 Å². The summed E-state index contributed by atoms with van der Waals surface area (Å²) >= 11 is 0. The van der Waals surface area contributed by atoms with Crippen LogP contribution in [0.2, 0.25) is 0 Å². The van der Waals surface area contributed by atoms with Gasteiger partial charge in [0.15, 0.2) is 0 Å². The summed E-state index contributed by atoms with van der Waals surface area (Å²) in [5.41, 5.74) is 6.73. The van der Waals surface area contributed by atoms with E-state index in [1.54, 1.807) is 0 Å². The highest BCUT2D eigenvalue weighted by Crippen LogP contribution is 2.15. The lowest BCUT2D eigenvalue weighted by Crippen LogP contribution is -2.16. The van der Waals surface area contributed by atoms with Crippen LogP contribution in [0, 0.1) is 6.92 Å². The van der Waals surface area contributed by atoms with Crippen LogP contribution in [0.5, 0.6) is 0 Å². The maximum atomic E-state index is 5.49. The van der Waals surface area contributed by atoms with Crippen molar-refractivity contribution in [3.63, 3.8) is 0 Å². The van der Waals surface area contributed by atoms with E-state index in [0.29, 0.717) is 6.54 Å². The number of nitrogens with zero attached hydrogens (tertiary/aromatic N) is 1. The van der Waals surface area contributed by atoms with Crippen LogP contribution >= 0.6 is 0 Å². The number of hydrogen-bond acceptors (Lipinski definition) is 3. The first kappa shape index (κ1) is 10.3. The third-order valence-corrected chi connectivity index (χ3v) is 2.25. The summed E-state index contributed by atoms with van der Waals surface area (Å²) in [7, 11) is 2.09. The van der Waals surface area contributed by atoms with E-state index < -0.39 is 0 Å². The molecule has 74 valence electrons. The van der Waals surface area contributed by atoms with Crippen molar-refractivity contribution in [1.82, 2.24) is 4.90 Å². The van der Waals surface area contributed by atoms with Gasteiger partial charge in [0, 0.05) is 12.1 Å². The Hall–Kier alpha value is -0.800. The summed E-state index contributed by atoms with van der Waals surface area (Å²) in [6.07, 6.45) is 0. The normalized spacial score (nSPS) is 11.2. The van der Waals surface area contributed by atoms with E-state index in [0.717, 1.165) is 24.6 Å². The highest BCUT2D eigenvalue weighted by Gasteiger charge is 2.07. The zero-order valence-corrected chi connectivity index (χ0v) is 8.63. The molecular weight excluding hydrogens is 164 g/mol. The molecule has 0 saturated heterocycles. The van der Waals surface area contributed by atoms with Crippen molar-refractivity contribution in [2.24, 2.45) is 5.73 Å². The quantitative estimate of drug-likeness (QED) is 0.767. The van der Waals surface area contributed by atoms with Gasteiger partial charge in [-0.2, -0.15) is 0 Å². The Morgan fingerprint density at radius 3 is 2.69 bits per heavy atom. The lowest BCUT2D eigenvalue weighted by molar-refractivity contribution is 0.342. The number of hydrogen-bond donors (Lipinski definition) is 1. The highest BCUT2D eigenvalue weighted by molar-refractivity contribution is 5.20. The molecule has 0 bridgehead atoms. The van der Waals surface area contributed by atoms with Gasteiger partial charge in [-0.25, -0.2) is 0 Å². The molecule has 0 fully saturated rings. The van der Waals surface area contributed by atoms with E-state index in [9.17, 15) is 0 Å². The van der Waals surface area contributed by atoms with Crippen molar-refractivity contribution in [2.75, 3.05) is 13.6 Å².